The number of amides is 1. The molecular formula is C19H18F3N3O3. The number of hydrogen-bond donors (Lipinski definition) is 2. The van der Waals surface area contributed by atoms with Gasteiger partial charge in [-0.05, 0) is 30.2 Å². The molecule has 28 heavy (non-hydrogen) atoms. The van der Waals surface area contributed by atoms with Gasteiger partial charge in [0.2, 0.25) is 0 Å². The second-order valence-corrected chi connectivity index (χ2v) is 5.72. The number of nitrogens with zero attached hydrogens (tertiary/aromatic N) is 1. The third-order valence-corrected chi connectivity index (χ3v) is 3.80. The van der Waals surface area contributed by atoms with Crippen molar-refractivity contribution in [1.29, 1.82) is 0 Å². The summed E-state index contributed by atoms with van der Waals surface area (Å²) >= 11 is 0. The fourth-order valence-corrected chi connectivity index (χ4v) is 2.38. The summed E-state index contributed by atoms with van der Waals surface area (Å²) in [5.74, 6) is 4.22. The molecular weight excluding hydrogens is 375 g/mol. The van der Waals surface area contributed by atoms with Crippen molar-refractivity contribution in [2.24, 2.45) is 16.8 Å². The molecule has 0 aromatic heterocycles. The van der Waals surface area contributed by atoms with Crippen LogP contribution >= 0.6 is 0 Å². The molecule has 6 nitrogen and oxygen atoms in total. The van der Waals surface area contributed by atoms with Gasteiger partial charge >= 0.3 is 6.18 Å². The average Bonchev–Trinajstić information content (AvgIpc) is 2.66. The Morgan fingerprint density at radius 1 is 1.18 bits per heavy atom. The van der Waals surface area contributed by atoms with E-state index >= 15 is 0 Å². The highest BCUT2D eigenvalue weighted by Crippen LogP contribution is 2.31. The lowest BCUT2D eigenvalue weighted by molar-refractivity contribution is -0.137. The fourth-order valence-electron chi connectivity index (χ4n) is 2.38. The van der Waals surface area contributed by atoms with Crippen LogP contribution in [-0.4, -0.2) is 12.1 Å². The van der Waals surface area contributed by atoms with Gasteiger partial charge in [-0.2, -0.15) is 19.1 Å². The first-order valence-corrected chi connectivity index (χ1v) is 8.05. The van der Waals surface area contributed by atoms with Gasteiger partial charge in [0, 0.05) is 5.56 Å². The van der Waals surface area contributed by atoms with Gasteiger partial charge in [0.25, 0.3) is 5.91 Å². The molecule has 1 atom stereocenters. The topological polar surface area (TPSA) is 99.9 Å². The van der Waals surface area contributed by atoms with Gasteiger partial charge in [-0.25, -0.2) is 0 Å². The summed E-state index contributed by atoms with van der Waals surface area (Å²) in [6, 6.07) is 11.4. The van der Waals surface area contributed by atoms with Gasteiger partial charge in [-0.1, -0.05) is 41.6 Å². The first-order valence-electron chi connectivity index (χ1n) is 8.05. The first kappa shape index (κ1) is 21.0. The Bertz CT molecular complexity index is 895. The van der Waals surface area contributed by atoms with Crippen LogP contribution in [-0.2, 0) is 20.6 Å². The lowest BCUT2D eigenvalue weighted by Gasteiger charge is -2.13. The molecule has 0 saturated carbocycles. The van der Waals surface area contributed by atoms with Crippen molar-refractivity contribution in [3.8, 4) is 0 Å². The van der Waals surface area contributed by atoms with Gasteiger partial charge < -0.3 is 15.4 Å². The number of carbonyl (C=O) groups excluding carboxylic acids is 1. The zero-order chi connectivity index (χ0) is 20.7. The van der Waals surface area contributed by atoms with E-state index in [1.807, 2.05) is 0 Å². The van der Waals surface area contributed by atoms with Crippen LogP contribution < -0.4 is 11.6 Å². The average molecular weight is 393 g/mol. The molecule has 0 spiro atoms. The van der Waals surface area contributed by atoms with Crippen LogP contribution in [0.2, 0.25) is 0 Å². The van der Waals surface area contributed by atoms with E-state index < -0.39 is 23.8 Å². The molecule has 0 heterocycles. The molecule has 9 heteroatoms. The number of oxime groups is 1. The molecule has 0 saturated heterocycles. The van der Waals surface area contributed by atoms with Crippen LogP contribution in [0.1, 0.15) is 35.3 Å². The maximum Gasteiger partial charge on any atom is 0.416 e. The van der Waals surface area contributed by atoms with Crippen molar-refractivity contribution in [2.45, 2.75) is 19.2 Å². The summed E-state index contributed by atoms with van der Waals surface area (Å²) in [4.78, 5) is 21.2. The highest BCUT2D eigenvalue weighted by atomic mass is 19.4. The predicted molar refractivity (Wildman–Crippen MR) is 97.4 cm³/mol. The number of nitrogens with two attached hydrogens (primary N) is 2. The van der Waals surface area contributed by atoms with Gasteiger partial charge in [0.15, 0.2) is 0 Å². The number of alkyl halides is 3. The zero-order valence-electron chi connectivity index (χ0n) is 14.8. The molecule has 0 radical (unpaired) electrons. The Hall–Kier alpha value is -3.33. The summed E-state index contributed by atoms with van der Waals surface area (Å²) < 4.78 is 38.5. The van der Waals surface area contributed by atoms with Crippen LogP contribution in [0.25, 0.3) is 5.57 Å². The minimum Gasteiger partial charge on any atom is -0.418 e. The minimum atomic E-state index is -4.44. The van der Waals surface area contributed by atoms with E-state index in [9.17, 15) is 18.0 Å². The monoisotopic (exact) mass is 393 g/mol. The molecule has 2 aromatic carbocycles. The minimum absolute atomic E-state index is 0.0236. The molecule has 0 aliphatic rings. The molecule has 1 unspecified atom stereocenters. The Kier molecular flexibility index (Phi) is 6.78. The summed E-state index contributed by atoms with van der Waals surface area (Å²) in [6.45, 7) is 1.57. The normalized spacial score (nSPS) is 13.4. The van der Waals surface area contributed by atoms with E-state index in [4.69, 9.17) is 16.5 Å². The van der Waals surface area contributed by atoms with E-state index in [2.05, 4.69) is 9.99 Å². The number of primary amides is 1. The van der Waals surface area contributed by atoms with E-state index in [0.717, 1.165) is 18.4 Å². The molecule has 1 amide bonds. The summed E-state index contributed by atoms with van der Waals surface area (Å²) in [7, 11) is 0. The maximum absolute atomic E-state index is 12.8. The van der Waals surface area contributed by atoms with Crippen LogP contribution in [0.4, 0.5) is 13.2 Å². The van der Waals surface area contributed by atoms with E-state index in [-0.39, 0.29) is 5.57 Å². The Balaban J connectivity index is 2.20. The van der Waals surface area contributed by atoms with Crippen molar-refractivity contribution in [3.63, 3.8) is 0 Å². The third kappa shape index (κ3) is 5.34. The van der Waals surface area contributed by atoms with Crippen molar-refractivity contribution < 1.29 is 27.6 Å². The Morgan fingerprint density at radius 3 is 2.54 bits per heavy atom. The molecule has 2 rings (SSSR count). The van der Waals surface area contributed by atoms with Crippen molar-refractivity contribution in [3.05, 3.63) is 77.0 Å². The molecule has 0 aliphatic heterocycles. The molecule has 0 bridgehead atoms. The third-order valence-electron chi connectivity index (χ3n) is 3.80. The maximum atomic E-state index is 12.8. The number of hydrogen-bond acceptors (Lipinski definition) is 5. The molecule has 2 aromatic rings. The molecule has 148 valence electrons. The van der Waals surface area contributed by atoms with E-state index in [0.29, 0.717) is 16.7 Å². The van der Waals surface area contributed by atoms with Gasteiger partial charge in [-0.15, -0.1) is 0 Å². The lowest BCUT2D eigenvalue weighted by Crippen LogP contribution is -2.15. The van der Waals surface area contributed by atoms with Crippen LogP contribution in [0.3, 0.4) is 0 Å². The van der Waals surface area contributed by atoms with Crippen molar-refractivity contribution in [2.75, 3.05) is 0 Å². The van der Waals surface area contributed by atoms with Crippen LogP contribution in [0, 0.1) is 0 Å². The highest BCUT2D eigenvalue weighted by molar-refractivity contribution is 6.20. The summed E-state index contributed by atoms with van der Waals surface area (Å²) in [5.41, 5.74) is 5.76. The van der Waals surface area contributed by atoms with Crippen molar-refractivity contribution in [1.82, 2.24) is 0 Å². The second kappa shape index (κ2) is 9.05. The predicted octanol–water partition coefficient (Wildman–Crippen LogP) is 3.53. The Labute approximate surface area is 159 Å². The molecule has 0 aliphatic carbocycles. The highest BCUT2D eigenvalue weighted by Gasteiger charge is 2.30. The second-order valence-electron chi connectivity index (χ2n) is 5.72. The zero-order valence-corrected chi connectivity index (χ0v) is 14.8. The SMILES string of the molecule is CC(O/N=C/c1ccccc1/C(=C/ON)C(N)=O)c1cccc(C(F)(F)F)c1. The summed E-state index contributed by atoms with van der Waals surface area (Å²) in [5, 5.41) is 3.81. The lowest BCUT2D eigenvalue weighted by atomic mass is 10.0. The fraction of sp³-hybridized carbons (Fsp3) is 0.158. The number of carbonyl (C=O) groups is 1. The van der Waals surface area contributed by atoms with Crippen LogP contribution in [0.15, 0.2) is 59.9 Å². The van der Waals surface area contributed by atoms with E-state index in [1.54, 1.807) is 31.2 Å². The largest absolute Gasteiger partial charge is 0.418 e. The van der Waals surface area contributed by atoms with E-state index in [1.165, 1.54) is 18.3 Å². The van der Waals surface area contributed by atoms with Crippen molar-refractivity contribution >= 4 is 17.7 Å². The quantitative estimate of drug-likeness (QED) is 0.325. The molecule has 4 N–H and O–H groups in total. The number of benzene rings is 2. The number of rotatable bonds is 7. The van der Waals surface area contributed by atoms with Gasteiger partial charge in [0.05, 0.1) is 17.4 Å². The molecule has 0 fully saturated rings. The van der Waals surface area contributed by atoms with Crippen LogP contribution in [0.5, 0.6) is 0 Å². The first-order chi connectivity index (χ1) is 13.2. The number of halogens is 3. The van der Waals surface area contributed by atoms with Gasteiger partial charge in [0.1, 0.15) is 12.4 Å². The smallest absolute Gasteiger partial charge is 0.416 e. The standard InChI is InChI=1S/C19H18F3N3O3/c1-12(13-6-4-7-15(9-13)19(20,21)22)28-25-10-14-5-2-3-8-16(14)17(11-27-24)18(23)26/h2-12H,24H2,1H3,(H2,23,26)/b17-11-,25-10+. The van der Waals surface area contributed by atoms with Gasteiger partial charge in [-0.3, -0.25) is 4.79 Å². The Morgan fingerprint density at radius 2 is 1.89 bits per heavy atom. The summed E-state index contributed by atoms with van der Waals surface area (Å²) in [6.07, 6.45) is -2.86.